The number of esters is 1. The highest BCUT2D eigenvalue weighted by Crippen LogP contribution is 2.39. The summed E-state index contributed by atoms with van der Waals surface area (Å²) in [4.78, 5) is 54.7. The van der Waals surface area contributed by atoms with Gasteiger partial charge in [-0.25, -0.2) is 9.59 Å². The summed E-state index contributed by atoms with van der Waals surface area (Å²) in [5.41, 5.74) is -6.93. The highest BCUT2D eigenvalue weighted by atomic mass is 19.4. The van der Waals surface area contributed by atoms with Gasteiger partial charge in [-0.15, -0.1) is 5.10 Å². The van der Waals surface area contributed by atoms with E-state index in [0.29, 0.717) is 24.8 Å². The number of hydrogen-bond donors (Lipinski definition) is 3. The first-order valence-electron chi connectivity index (χ1n) is 16.5. The molecular weight excluding hydrogens is 677 g/mol. The number of halogens is 3. The topological polar surface area (TPSA) is 174 Å². The minimum Gasteiger partial charge on any atom is -0.497 e. The number of aliphatic hydroxyl groups is 1. The summed E-state index contributed by atoms with van der Waals surface area (Å²) in [6.07, 6.45) is -5.01. The third kappa shape index (κ3) is 10.6. The summed E-state index contributed by atoms with van der Waals surface area (Å²) in [5.74, 6) is -3.29. The molecule has 0 saturated heterocycles. The molecule has 3 amide bonds. The second-order valence-electron chi connectivity index (χ2n) is 14.2. The fraction of sp³-hybridized carbons (Fsp3) is 0.647. The number of hydrogen-bond acceptors (Lipinski definition) is 10. The minimum atomic E-state index is -5.47. The van der Waals surface area contributed by atoms with Gasteiger partial charge in [0, 0.05) is 6.54 Å². The molecule has 1 unspecified atom stereocenters. The zero-order valence-electron chi connectivity index (χ0n) is 31.0. The predicted octanol–water partition coefficient (Wildman–Crippen LogP) is 4.10. The molecule has 17 heteroatoms. The lowest BCUT2D eigenvalue weighted by atomic mass is 9.93. The van der Waals surface area contributed by atoms with Crippen LogP contribution in [0.2, 0.25) is 0 Å². The average molecular weight is 729 g/mol. The van der Waals surface area contributed by atoms with Gasteiger partial charge in [0.25, 0.3) is 0 Å². The van der Waals surface area contributed by atoms with Crippen molar-refractivity contribution in [2.75, 3.05) is 14.2 Å². The number of alkyl halides is 3. The molecule has 0 spiro atoms. The molecule has 0 aliphatic heterocycles. The number of aromatic nitrogens is 3. The molecule has 1 aromatic heterocycles. The Hall–Kier alpha value is -4.41. The second kappa shape index (κ2) is 16.7. The maximum atomic E-state index is 14.4. The molecule has 1 heterocycles. The fourth-order valence-corrected chi connectivity index (χ4v) is 4.97. The third-order valence-corrected chi connectivity index (χ3v) is 8.43. The molecule has 286 valence electrons. The van der Waals surface area contributed by atoms with Crippen LogP contribution in [-0.2, 0) is 42.5 Å². The number of carbonyl (C=O) groups is 4. The van der Waals surface area contributed by atoms with Crippen molar-refractivity contribution in [3.8, 4) is 5.75 Å². The van der Waals surface area contributed by atoms with Crippen LogP contribution in [-0.4, -0.2) is 92.5 Å². The number of alkyl carbamates (subject to hydrolysis) is 1. The summed E-state index contributed by atoms with van der Waals surface area (Å²) in [7, 11) is 2.21. The van der Waals surface area contributed by atoms with Gasteiger partial charge in [-0.05, 0) is 64.2 Å². The number of nitrogens with one attached hydrogen (secondary N) is 2. The monoisotopic (exact) mass is 728 g/mol. The normalized spacial score (nSPS) is 15.2. The second-order valence-corrected chi connectivity index (χ2v) is 14.2. The van der Waals surface area contributed by atoms with Crippen molar-refractivity contribution in [3.63, 3.8) is 0 Å². The van der Waals surface area contributed by atoms with Crippen LogP contribution in [0.25, 0.3) is 0 Å². The van der Waals surface area contributed by atoms with E-state index < -0.39 is 70.5 Å². The van der Waals surface area contributed by atoms with Crippen LogP contribution in [0.1, 0.15) is 80.0 Å². The molecule has 2 aromatic rings. The molecule has 14 nitrogen and oxygen atoms in total. The van der Waals surface area contributed by atoms with Crippen molar-refractivity contribution < 1.29 is 51.7 Å². The molecule has 1 aromatic carbocycles. The first kappa shape index (κ1) is 42.8. The van der Waals surface area contributed by atoms with Crippen LogP contribution < -0.4 is 15.4 Å². The van der Waals surface area contributed by atoms with Crippen molar-refractivity contribution >= 4 is 23.9 Å². The standard InChI is InChI=1S/C34H51F3N6O8/c1-12-21(4)24(18-42-19-25(40-41-42)33(48,29(46)50-11)34(35,36)37)38-28(45)32(8,9)43(17-22-13-15-23(49-10)16-14-22)27(44)26(20(2)3)39-30(47)51-31(5,6)7/h13-16,19-21,24,26,48H,12,17-18H2,1-11H3,(H,38,45)(H,39,47)/t21-,24+,26-,33?/m0/s1. The Kier molecular flexibility index (Phi) is 14.0. The van der Waals surface area contributed by atoms with E-state index in [-0.39, 0.29) is 19.0 Å². The maximum Gasteiger partial charge on any atom is 0.434 e. The molecule has 0 fully saturated rings. The largest absolute Gasteiger partial charge is 0.497 e. The van der Waals surface area contributed by atoms with Gasteiger partial charge in [0.15, 0.2) is 0 Å². The number of carbonyl (C=O) groups excluding carboxylic acids is 4. The molecule has 4 atom stereocenters. The van der Waals surface area contributed by atoms with E-state index in [4.69, 9.17) is 9.47 Å². The Bertz CT molecular complexity index is 1510. The molecule has 0 radical (unpaired) electrons. The van der Waals surface area contributed by atoms with Gasteiger partial charge < -0.3 is 34.9 Å². The van der Waals surface area contributed by atoms with Crippen molar-refractivity contribution in [3.05, 3.63) is 41.7 Å². The molecular formula is C34H51F3N6O8. The zero-order chi connectivity index (χ0) is 39.1. The van der Waals surface area contributed by atoms with Crippen molar-refractivity contribution in [1.82, 2.24) is 30.5 Å². The number of benzene rings is 1. The lowest BCUT2D eigenvalue weighted by molar-refractivity contribution is -0.268. The predicted molar refractivity (Wildman–Crippen MR) is 179 cm³/mol. The van der Waals surface area contributed by atoms with Crippen LogP contribution in [0.4, 0.5) is 18.0 Å². The molecule has 0 saturated carbocycles. The van der Waals surface area contributed by atoms with E-state index in [9.17, 15) is 37.5 Å². The van der Waals surface area contributed by atoms with Gasteiger partial charge in [-0.2, -0.15) is 13.2 Å². The highest BCUT2D eigenvalue weighted by Gasteiger charge is 2.64. The summed E-state index contributed by atoms with van der Waals surface area (Å²) in [5, 5.41) is 23.0. The number of amides is 3. The van der Waals surface area contributed by atoms with Gasteiger partial charge in [0.2, 0.25) is 11.8 Å². The molecule has 0 aliphatic carbocycles. The van der Waals surface area contributed by atoms with Crippen LogP contribution in [0.15, 0.2) is 30.5 Å². The molecule has 51 heavy (non-hydrogen) atoms. The first-order chi connectivity index (χ1) is 23.4. The van der Waals surface area contributed by atoms with Crippen LogP contribution in [0, 0.1) is 11.8 Å². The molecule has 0 aliphatic rings. The lowest BCUT2D eigenvalue weighted by Gasteiger charge is -2.41. The van der Waals surface area contributed by atoms with E-state index >= 15 is 0 Å². The van der Waals surface area contributed by atoms with E-state index in [2.05, 4.69) is 25.7 Å². The Labute approximate surface area is 296 Å². The highest BCUT2D eigenvalue weighted by molar-refractivity contribution is 5.94. The number of ether oxygens (including phenoxy) is 3. The SMILES string of the molecule is CC[C@H](C)[C@@H](Cn1cc(C(O)(C(=O)OC)C(F)(F)F)nn1)NC(=O)C(C)(C)N(Cc1ccc(OC)cc1)C(=O)[C@@H](NC(=O)OC(C)(C)C)C(C)C. The van der Waals surface area contributed by atoms with Gasteiger partial charge in [0.05, 0.1) is 33.0 Å². The minimum absolute atomic E-state index is 0.0492. The van der Waals surface area contributed by atoms with Crippen molar-refractivity contribution in [1.29, 1.82) is 0 Å². The van der Waals surface area contributed by atoms with E-state index in [1.807, 2.05) is 6.92 Å². The van der Waals surface area contributed by atoms with Crippen molar-refractivity contribution in [2.24, 2.45) is 11.8 Å². The van der Waals surface area contributed by atoms with Gasteiger partial charge in [-0.1, -0.05) is 51.5 Å². The van der Waals surface area contributed by atoms with E-state index in [1.54, 1.807) is 65.8 Å². The molecule has 3 N–H and O–H groups in total. The molecule has 0 bridgehead atoms. The van der Waals surface area contributed by atoms with Crippen molar-refractivity contribution in [2.45, 2.75) is 117 Å². The lowest BCUT2D eigenvalue weighted by Crippen LogP contribution is -2.63. The summed E-state index contributed by atoms with van der Waals surface area (Å²) in [6.45, 7) is 15.0. The summed E-state index contributed by atoms with van der Waals surface area (Å²) in [6, 6.07) is 5.02. The quantitative estimate of drug-likeness (QED) is 0.227. The number of rotatable bonds is 15. The Morgan fingerprint density at radius 3 is 2.04 bits per heavy atom. The Morgan fingerprint density at radius 1 is 0.980 bits per heavy atom. The summed E-state index contributed by atoms with van der Waals surface area (Å²) < 4.78 is 57.3. The number of nitrogens with zero attached hydrogens (tertiary/aromatic N) is 4. The third-order valence-electron chi connectivity index (χ3n) is 8.43. The van der Waals surface area contributed by atoms with Crippen LogP contribution >= 0.6 is 0 Å². The van der Waals surface area contributed by atoms with Gasteiger partial charge in [0.1, 0.15) is 28.6 Å². The fourth-order valence-electron chi connectivity index (χ4n) is 4.97. The van der Waals surface area contributed by atoms with Crippen LogP contribution in [0.5, 0.6) is 5.75 Å². The van der Waals surface area contributed by atoms with E-state index in [1.165, 1.54) is 25.9 Å². The first-order valence-corrected chi connectivity index (χ1v) is 16.5. The van der Waals surface area contributed by atoms with Gasteiger partial charge in [-0.3, -0.25) is 14.3 Å². The summed E-state index contributed by atoms with van der Waals surface area (Å²) >= 11 is 0. The van der Waals surface area contributed by atoms with E-state index in [0.717, 1.165) is 10.9 Å². The zero-order valence-corrected chi connectivity index (χ0v) is 31.0. The number of methoxy groups -OCH3 is 2. The Balaban J connectivity index is 2.52. The van der Waals surface area contributed by atoms with Gasteiger partial charge >= 0.3 is 23.8 Å². The van der Waals surface area contributed by atoms with Crippen LogP contribution in [0.3, 0.4) is 0 Å². The Morgan fingerprint density at radius 2 is 1.57 bits per heavy atom. The smallest absolute Gasteiger partial charge is 0.434 e. The maximum absolute atomic E-state index is 14.4. The molecule has 2 rings (SSSR count). The average Bonchev–Trinajstić information content (AvgIpc) is 3.51.